The summed E-state index contributed by atoms with van der Waals surface area (Å²) in [6.45, 7) is 3.38. The minimum Gasteiger partial charge on any atom is -0.363 e. The number of halogens is 1. The van der Waals surface area contributed by atoms with Gasteiger partial charge in [-0.2, -0.15) is 0 Å². The summed E-state index contributed by atoms with van der Waals surface area (Å²) in [6, 6.07) is 10.4. The van der Waals surface area contributed by atoms with Crippen LogP contribution in [0.1, 0.15) is 35.3 Å². The second-order valence-electron chi connectivity index (χ2n) is 6.13. The maximum Gasteiger partial charge on any atom is 0.254 e. The van der Waals surface area contributed by atoms with Crippen molar-refractivity contribution in [2.75, 3.05) is 0 Å². The number of carbonyl (C=O) groups is 1. The normalized spacial score (nSPS) is 19.8. The fourth-order valence-electron chi connectivity index (χ4n) is 2.83. The third-order valence-electron chi connectivity index (χ3n) is 3.89. The molecule has 0 spiro atoms. The number of hydrogen-bond donors (Lipinski definition) is 3. The van der Waals surface area contributed by atoms with Gasteiger partial charge < -0.3 is 10.4 Å². The van der Waals surface area contributed by atoms with E-state index in [0.717, 1.165) is 0 Å². The molecule has 3 N–H and O–H groups in total. The molecule has 0 bridgehead atoms. The lowest BCUT2D eigenvalue weighted by atomic mass is 9.94. The number of nitrogens with one attached hydrogen (secondary N) is 2. The third-order valence-corrected chi connectivity index (χ3v) is 6.03. The van der Waals surface area contributed by atoms with Crippen molar-refractivity contribution in [3.8, 4) is 0 Å². The standard InChI is InChI=1S/C17H17ClN2O4S/c1-10(2)20-25(23,24)15-9-11(7-8-14(15)18)17(22)13-6-4-3-5-12(13)16(21)19-17/h3-10,20,22H,1-2H3,(H,19,21). The van der Waals surface area contributed by atoms with E-state index >= 15 is 0 Å². The molecular weight excluding hydrogens is 364 g/mol. The first-order valence-electron chi connectivity index (χ1n) is 7.62. The summed E-state index contributed by atoms with van der Waals surface area (Å²) in [5.41, 5.74) is -0.910. The zero-order chi connectivity index (χ0) is 18.4. The SMILES string of the molecule is CC(C)NS(=O)(=O)c1cc(C2(O)NC(=O)c3ccccc32)ccc1Cl. The van der Waals surface area contributed by atoms with E-state index in [1.807, 2.05) is 0 Å². The Morgan fingerprint density at radius 2 is 1.88 bits per heavy atom. The molecule has 2 aromatic carbocycles. The van der Waals surface area contributed by atoms with Gasteiger partial charge in [0.1, 0.15) is 4.90 Å². The van der Waals surface area contributed by atoms with Gasteiger partial charge in [-0.3, -0.25) is 4.79 Å². The average Bonchev–Trinajstić information content (AvgIpc) is 2.79. The quantitative estimate of drug-likeness (QED) is 0.755. The number of benzene rings is 2. The number of rotatable bonds is 4. The maximum absolute atomic E-state index is 12.5. The molecule has 0 radical (unpaired) electrons. The summed E-state index contributed by atoms with van der Waals surface area (Å²) in [5.74, 6) is -0.433. The second-order valence-corrected chi connectivity index (χ2v) is 8.22. The Balaban J connectivity index is 2.15. The van der Waals surface area contributed by atoms with Gasteiger partial charge in [0.15, 0.2) is 5.72 Å². The lowest BCUT2D eigenvalue weighted by Crippen LogP contribution is -2.40. The molecule has 8 heteroatoms. The first-order valence-corrected chi connectivity index (χ1v) is 9.48. The number of fused-ring (bicyclic) bond motifs is 1. The number of amides is 1. The average molecular weight is 381 g/mol. The van der Waals surface area contributed by atoms with Gasteiger partial charge in [-0.15, -0.1) is 0 Å². The van der Waals surface area contributed by atoms with E-state index in [0.29, 0.717) is 11.1 Å². The van der Waals surface area contributed by atoms with Crippen molar-refractivity contribution in [3.63, 3.8) is 0 Å². The van der Waals surface area contributed by atoms with Crippen LogP contribution in [-0.2, 0) is 15.7 Å². The van der Waals surface area contributed by atoms with Gasteiger partial charge in [0.05, 0.1) is 5.02 Å². The van der Waals surface area contributed by atoms with Crippen LogP contribution in [0.25, 0.3) is 0 Å². The molecule has 1 aliphatic rings. The van der Waals surface area contributed by atoms with E-state index in [4.69, 9.17) is 11.6 Å². The first kappa shape index (κ1) is 17.9. The number of aliphatic hydroxyl groups is 1. The Kier molecular flexibility index (Phi) is 4.36. The lowest BCUT2D eigenvalue weighted by molar-refractivity contribution is 0.0474. The Morgan fingerprint density at radius 3 is 2.56 bits per heavy atom. The first-order chi connectivity index (χ1) is 11.6. The van der Waals surface area contributed by atoms with Crippen LogP contribution in [0, 0.1) is 0 Å². The Morgan fingerprint density at radius 1 is 1.20 bits per heavy atom. The largest absolute Gasteiger partial charge is 0.363 e. The molecule has 1 aliphatic heterocycles. The summed E-state index contributed by atoms with van der Waals surface area (Å²) < 4.78 is 27.4. The monoisotopic (exact) mass is 380 g/mol. The molecule has 0 saturated carbocycles. The molecular formula is C17H17ClN2O4S. The van der Waals surface area contributed by atoms with Gasteiger partial charge in [-0.1, -0.05) is 35.9 Å². The summed E-state index contributed by atoms with van der Waals surface area (Å²) in [4.78, 5) is 12.0. The summed E-state index contributed by atoms with van der Waals surface area (Å²) in [7, 11) is -3.87. The zero-order valence-electron chi connectivity index (χ0n) is 13.6. The molecule has 132 valence electrons. The summed E-state index contributed by atoms with van der Waals surface area (Å²) in [5, 5.41) is 13.6. The van der Waals surface area contributed by atoms with Gasteiger partial charge in [0.25, 0.3) is 5.91 Å². The second kappa shape index (κ2) is 6.10. The highest BCUT2D eigenvalue weighted by Gasteiger charge is 2.43. The molecule has 1 amide bonds. The van der Waals surface area contributed by atoms with E-state index in [-0.39, 0.29) is 21.5 Å². The minimum absolute atomic E-state index is 0.0260. The van der Waals surface area contributed by atoms with Crippen LogP contribution in [0.15, 0.2) is 47.4 Å². The van der Waals surface area contributed by atoms with Crippen molar-refractivity contribution in [2.24, 2.45) is 0 Å². The van der Waals surface area contributed by atoms with Crippen molar-refractivity contribution in [1.29, 1.82) is 0 Å². The molecule has 1 unspecified atom stereocenters. The third kappa shape index (κ3) is 3.04. The summed E-state index contributed by atoms with van der Waals surface area (Å²) >= 11 is 6.06. The number of sulfonamides is 1. The molecule has 0 saturated heterocycles. The Hall–Kier alpha value is -1.93. The van der Waals surface area contributed by atoms with Crippen LogP contribution < -0.4 is 10.0 Å². The van der Waals surface area contributed by atoms with Gasteiger partial charge in [-0.05, 0) is 32.0 Å². The highest BCUT2D eigenvalue weighted by atomic mass is 35.5. The van der Waals surface area contributed by atoms with E-state index in [9.17, 15) is 18.3 Å². The molecule has 6 nitrogen and oxygen atoms in total. The molecule has 2 aromatic rings. The zero-order valence-corrected chi connectivity index (χ0v) is 15.1. The smallest absolute Gasteiger partial charge is 0.254 e. The topological polar surface area (TPSA) is 95.5 Å². The van der Waals surface area contributed by atoms with E-state index in [1.54, 1.807) is 38.1 Å². The molecule has 3 rings (SSSR count). The molecule has 0 aliphatic carbocycles. The number of hydrogen-bond acceptors (Lipinski definition) is 4. The van der Waals surface area contributed by atoms with Crippen LogP contribution >= 0.6 is 11.6 Å². The van der Waals surface area contributed by atoms with Crippen molar-refractivity contribution >= 4 is 27.5 Å². The van der Waals surface area contributed by atoms with E-state index in [2.05, 4.69) is 10.0 Å². The molecule has 1 atom stereocenters. The highest BCUT2D eigenvalue weighted by molar-refractivity contribution is 7.89. The van der Waals surface area contributed by atoms with Crippen molar-refractivity contribution in [2.45, 2.75) is 30.5 Å². The van der Waals surface area contributed by atoms with Crippen LogP contribution in [0.5, 0.6) is 0 Å². The Labute approximate surface area is 150 Å². The predicted octanol–water partition coefficient (Wildman–Crippen LogP) is 1.96. The maximum atomic E-state index is 12.5. The molecule has 25 heavy (non-hydrogen) atoms. The van der Waals surface area contributed by atoms with Crippen LogP contribution in [0.4, 0.5) is 0 Å². The van der Waals surface area contributed by atoms with Crippen LogP contribution in [0.2, 0.25) is 5.02 Å². The van der Waals surface area contributed by atoms with Crippen molar-refractivity contribution in [1.82, 2.24) is 10.0 Å². The van der Waals surface area contributed by atoms with Crippen LogP contribution in [0.3, 0.4) is 0 Å². The lowest BCUT2D eigenvalue weighted by Gasteiger charge is -2.25. The van der Waals surface area contributed by atoms with Gasteiger partial charge in [-0.25, -0.2) is 13.1 Å². The Bertz CT molecular complexity index is 959. The van der Waals surface area contributed by atoms with Gasteiger partial charge in [0.2, 0.25) is 10.0 Å². The molecule has 0 fully saturated rings. The van der Waals surface area contributed by atoms with Crippen molar-refractivity contribution < 1.29 is 18.3 Å². The molecule has 0 aromatic heterocycles. The predicted molar refractivity (Wildman–Crippen MR) is 93.8 cm³/mol. The fraction of sp³-hybridized carbons (Fsp3) is 0.235. The summed E-state index contributed by atoms with van der Waals surface area (Å²) in [6.07, 6.45) is 0. The van der Waals surface area contributed by atoms with Gasteiger partial charge in [0, 0.05) is 22.7 Å². The minimum atomic E-state index is -3.87. The molecule has 1 heterocycles. The fourth-order valence-corrected chi connectivity index (χ4v) is 4.61. The van der Waals surface area contributed by atoms with Crippen molar-refractivity contribution in [3.05, 3.63) is 64.2 Å². The highest BCUT2D eigenvalue weighted by Crippen LogP contribution is 2.36. The van der Waals surface area contributed by atoms with Crippen LogP contribution in [-0.4, -0.2) is 25.5 Å². The van der Waals surface area contributed by atoms with Gasteiger partial charge >= 0.3 is 0 Å². The number of carbonyl (C=O) groups excluding carboxylic acids is 1. The van der Waals surface area contributed by atoms with E-state index in [1.165, 1.54) is 18.2 Å². The van der Waals surface area contributed by atoms with E-state index < -0.39 is 21.7 Å².